The number of halogens is 2. The summed E-state index contributed by atoms with van der Waals surface area (Å²) in [6.07, 6.45) is 0. The standard InChI is InChI=1S/C8H4FIS2/c9-7-4-1-2-12-8(4)6(11)3-5(7)10/h1-3,11H. The topological polar surface area (TPSA) is 0 Å². The van der Waals surface area contributed by atoms with E-state index >= 15 is 0 Å². The molecule has 1 heterocycles. The molecule has 62 valence electrons. The van der Waals surface area contributed by atoms with Gasteiger partial charge >= 0.3 is 0 Å². The zero-order chi connectivity index (χ0) is 8.72. The highest BCUT2D eigenvalue weighted by molar-refractivity contribution is 14.1. The van der Waals surface area contributed by atoms with Crippen molar-refractivity contribution in [1.82, 2.24) is 0 Å². The Hall–Kier alpha value is 0.190. The fraction of sp³-hybridized carbons (Fsp3) is 0. The normalized spacial score (nSPS) is 10.9. The van der Waals surface area contributed by atoms with Crippen LogP contribution < -0.4 is 0 Å². The predicted octanol–water partition coefficient (Wildman–Crippen LogP) is 3.93. The smallest absolute Gasteiger partial charge is 0.145 e. The molecule has 0 saturated heterocycles. The number of rotatable bonds is 0. The minimum Gasteiger partial charge on any atom is -0.205 e. The molecule has 0 saturated carbocycles. The molecule has 1 aromatic heterocycles. The Labute approximate surface area is 92.3 Å². The van der Waals surface area contributed by atoms with E-state index in [1.165, 1.54) is 11.3 Å². The van der Waals surface area contributed by atoms with Crippen LogP contribution in [0.25, 0.3) is 10.1 Å². The van der Waals surface area contributed by atoms with E-state index in [4.69, 9.17) is 0 Å². The van der Waals surface area contributed by atoms with Crippen molar-refractivity contribution in [2.75, 3.05) is 0 Å². The quantitative estimate of drug-likeness (QED) is 0.553. The molecule has 1 aromatic carbocycles. The van der Waals surface area contributed by atoms with Gasteiger partial charge in [-0.1, -0.05) is 0 Å². The van der Waals surface area contributed by atoms with Gasteiger partial charge in [0.05, 0.1) is 8.27 Å². The summed E-state index contributed by atoms with van der Waals surface area (Å²) in [5.41, 5.74) is 0. The summed E-state index contributed by atoms with van der Waals surface area (Å²) in [7, 11) is 0. The number of benzene rings is 1. The van der Waals surface area contributed by atoms with Crippen LogP contribution in [0.5, 0.6) is 0 Å². The van der Waals surface area contributed by atoms with Crippen LogP contribution >= 0.6 is 46.6 Å². The Morgan fingerprint density at radius 3 is 3.00 bits per heavy atom. The van der Waals surface area contributed by atoms with Gasteiger partial charge in [0.2, 0.25) is 0 Å². The second-order valence-corrected chi connectivity index (χ2v) is 4.92. The molecule has 0 aliphatic heterocycles. The second-order valence-electron chi connectivity index (χ2n) is 2.35. The fourth-order valence-electron chi connectivity index (χ4n) is 1.06. The Morgan fingerprint density at radius 2 is 2.25 bits per heavy atom. The molecule has 2 rings (SSSR count). The molecule has 0 aliphatic rings. The molecule has 0 nitrogen and oxygen atoms in total. The van der Waals surface area contributed by atoms with E-state index in [-0.39, 0.29) is 5.82 Å². The maximum atomic E-state index is 13.4. The number of hydrogen-bond acceptors (Lipinski definition) is 2. The molecule has 0 bridgehead atoms. The van der Waals surface area contributed by atoms with Gasteiger partial charge < -0.3 is 0 Å². The summed E-state index contributed by atoms with van der Waals surface area (Å²) in [6.45, 7) is 0. The van der Waals surface area contributed by atoms with E-state index in [1.54, 1.807) is 12.1 Å². The molecule has 0 unspecified atom stereocenters. The van der Waals surface area contributed by atoms with E-state index in [0.29, 0.717) is 8.96 Å². The summed E-state index contributed by atoms with van der Waals surface area (Å²) in [6, 6.07) is 3.54. The number of thiol groups is 1. The van der Waals surface area contributed by atoms with Gasteiger partial charge in [-0.2, -0.15) is 0 Å². The first-order valence-corrected chi connectivity index (χ1v) is 5.65. The van der Waals surface area contributed by atoms with Crippen LogP contribution in [0.3, 0.4) is 0 Å². The summed E-state index contributed by atoms with van der Waals surface area (Å²) in [4.78, 5) is 0.853. The molecule has 0 N–H and O–H groups in total. The lowest BCUT2D eigenvalue weighted by molar-refractivity contribution is 0.632. The molecule has 0 atom stereocenters. The molecule has 12 heavy (non-hydrogen) atoms. The van der Waals surface area contributed by atoms with Gasteiger partial charge in [-0.15, -0.1) is 24.0 Å². The van der Waals surface area contributed by atoms with Gasteiger partial charge in [0, 0.05) is 10.3 Å². The molecule has 0 aliphatic carbocycles. The van der Waals surface area contributed by atoms with Gasteiger partial charge in [0.1, 0.15) is 5.82 Å². The summed E-state index contributed by atoms with van der Waals surface area (Å²) in [5, 5.41) is 2.56. The maximum absolute atomic E-state index is 13.4. The Kier molecular flexibility index (Phi) is 2.31. The molecule has 0 spiro atoms. The highest BCUT2D eigenvalue weighted by atomic mass is 127. The lowest BCUT2D eigenvalue weighted by Crippen LogP contribution is -1.82. The first kappa shape index (κ1) is 8.77. The first-order valence-electron chi connectivity index (χ1n) is 3.24. The Bertz CT molecular complexity index is 436. The zero-order valence-corrected chi connectivity index (χ0v) is 9.71. The third-order valence-corrected chi connectivity index (χ3v) is 3.84. The largest absolute Gasteiger partial charge is 0.205 e. The lowest BCUT2D eigenvalue weighted by atomic mass is 10.2. The van der Waals surface area contributed by atoms with Crippen molar-refractivity contribution < 1.29 is 4.39 Å². The minimum atomic E-state index is -0.135. The van der Waals surface area contributed by atoms with Crippen LogP contribution in [0.15, 0.2) is 22.4 Å². The van der Waals surface area contributed by atoms with Crippen molar-refractivity contribution >= 4 is 56.6 Å². The summed E-state index contributed by atoms with van der Waals surface area (Å²) in [5.74, 6) is -0.135. The fourth-order valence-corrected chi connectivity index (χ4v) is 3.12. The molecule has 0 amide bonds. The van der Waals surface area contributed by atoms with Gasteiger partial charge in [-0.3, -0.25) is 0 Å². The average Bonchev–Trinajstić information content (AvgIpc) is 2.48. The highest BCUT2D eigenvalue weighted by Crippen LogP contribution is 2.32. The molecular weight excluding hydrogens is 306 g/mol. The SMILES string of the molecule is Fc1c(I)cc(S)c2sccc12. The van der Waals surface area contributed by atoms with E-state index in [2.05, 4.69) is 12.6 Å². The van der Waals surface area contributed by atoms with Gasteiger partial charge in [-0.25, -0.2) is 4.39 Å². The molecule has 2 aromatic rings. The van der Waals surface area contributed by atoms with Crippen molar-refractivity contribution in [2.24, 2.45) is 0 Å². The van der Waals surface area contributed by atoms with E-state index < -0.39 is 0 Å². The van der Waals surface area contributed by atoms with Crippen molar-refractivity contribution in [3.8, 4) is 0 Å². The lowest BCUT2D eigenvalue weighted by Gasteiger charge is -1.98. The zero-order valence-electron chi connectivity index (χ0n) is 5.84. The highest BCUT2D eigenvalue weighted by Gasteiger charge is 2.08. The molecule has 0 fully saturated rings. The van der Waals surface area contributed by atoms with Crippen LogP contribution in [0.1, 0.15) is 0 Å². The Balaban J connectivity index is 2.97. The third kappa shape index (κ3) is 1.25. The van der Waals surface area contributed by atoms with Crippen LogP contribution in [0.4, 0.5) is 4.39 Å². The van der Waals surface area contributed by atoms with Gasteiger partial charge in [0.15, 0.2) is 0 Å². The van der Waals surface area contributed by atoms with E-state index in [1.807, 2.05) is 28.0 Å². The van der Waals surface area contributed by atoms with Crippen molar-refractivity contribution in [3.05, 3.63) is 26.9 Å². The first-order chi connectivity index (χ1) is 5.70. The van der Waals surface area contributed by atoms with Crippen LogP contribution in [0.2, 0.25) is 0 Å². The third-order valence-electron chi connectivity index (χ3n) is 1.61. The number of fused-ring (bicyclic) bond motifs is 1. The minimum absolute atomic E-state index is 0.135. The summed E-state index contributed by atoms with van der Waals surface area (Å²) >= 11 is 7.77. The molecular formula is C8H4FIS2. The monoisotopic (exact) mass is 310 g/mol. The molecule has 0 radical (unpaired) electrons. The van der Waals surface area contributed by atoms with E-state index in [9.17, 15) is 4.39 Å². The maximum Gasteiger partial charge on any atom is 0.145 e. The van der Waals surface area contributed by atoms with Crippen LogP contribution in [-0.2, 0) is 0 Å². The van der Waals surface area contributed by atoms with E-state index in [0.717, 1.165) is 9.60 Å². The number of hydrogen-bond donors (Lipinski definition) is 1. The Morgan fingerprint density at radius 1 is 1.50 bits per heavy atom. The average molecular weight is 310 g/mol. The van der Waals surface area contributed by atoms with Crippen LogP contribution in [0, 0.1) is 9.39 Å². The van der Waals surface area contributed by atoms with Gasteiger partial charge in [0.25, 0.3) is 0 Å². The van der Waals surface area contributed by atoms with Crippen molar-refractivity contribution in [3.63, 3.8) is 0 Å². The van der Waals surface area contributed by atoms with Crippen molar-refractivity contribution in [2.45, 2.75) is 4.90 Å². The van der Waals surface area contributed by atoms with Gasteiger partial charge in [-0.05, 0) is 40.1 Å². The summed E-state index contributed by atoms with van der Waals surface area (Å²) < 4.78 is 14.9. The van der Waals surface area contributed by atoms with Crippen molar-refractivity contribution in [1.29, 1.82) is 0 Å². The predicted molar refractivity (Wildman–Crippen MR) is 61.8 cm³/mol. The van der Waals surface area contributed by atoms with Crippen LogP contribution in [-0.4, -0.2) is 0 Å². The second kappa shape index (κ2) is 3.16. The number of thiophene rings is 1. The molecule has 4 heteroatoms.